The first kappa shape index (κ1) is 27.9. The predicted molar refractivity (Wildman–Crippen MR) is 190 cm³/mol. The first-order valence-corrected chi connectivity index (χ1v) is 16.5. The Labute approximate surface area is 267 Å². The summed E-state index contributed by atoms with van der Waals surface area (Å²) in [5.41, 5.74) is 9.52. The van der Waals surface area contributed by atoms with Crippen LogP contribution in [0.5, 0.6) is 0 Å². The van der Waals surface area contributed by atoms with Gasteiger partial charge >= 0.3 is 0 Å². The fourth-order valence-electron chi connectivity index (χ4n) is 9.35. The zero-order chi connectivity index (χ0) is 30.6. The molecule has 2 nitrogen and oxygen atoms in total. The van der Waals surface area contributed by atoms with E-state index in [1.165, 1.54) is 60.9 Å². The van der Waals surface area contributed by atoms with Gasteiger partial charge in [-0.25, -0.2) is 0 Å². The third kappa shape index (κ3) is 3.53. The van der Waals surface area contributed by atoms with Gasteiger partial charge < -0.3 is 4.90 Å². The molecule has 2 atom stereocenters. The van der Waals surface area contributed by atoms with Crippen LogP contribution in [-0.2, 0) is 10.8 Å². The Bertz CT molecular complexity index is 2020. The molecule has 1 saturated heterocycles. The molecule has 3 heterocycles. The number of halogens is 1. The molecule has 0 radical (unpaired) electrons. The number of benzene rings is 4. The van der Waals surface area contributed by atoms with Gasteiger partial charge in [0.25, 0.3) is 0 Å². The molecule has 3 aliphatic heterocycles. The van der Waals surface area contributed by atoms with Gasteiger partial charge in [-0.15, -0.1) is 0 Å². The lowest BCUT2D eigenvalue weighted by Gasteiger charge is -2.26. The largest absolute Gasteiger partial charge is 0.347 e. The van der Waals surface area contributed by atoms with Crippen molar-refractivity contribution in [3.63, 3.8) is 0 Å². The van der Waals surface area contributed by atoms with E-state index < -0.39 is 0 Å². The Balaban J connectivity index is 1.14. The third-order valence-electron chi connectivity index (χ3n) is 11.8. The molecule has 2 unspecified atom stereocenters. The lowest BCUT2D eigenvalue weighted by atomic mass is 9.72. The van der Waals surface area contributed by atoms with Crippen molar-refractivity contribution in [2.45, 2.75) is 63.3 Å². The normalized spacial score (nSPS) is 28.4. The second-order valence-corrected chi connectivity index (χ2v) is 15.1. The number of hydrogen-bond donors (Lipinski definition) is 0. The third-order valence-corrected chi connectivity index (χ3v) is 12.3. The van der Waals surface area contributed by atoms with E-state index in [1.807, 2.05) is 0 Å². The van der Waals surface area contributed by atoms with Gasteiger partial charge in [0.1, 0.15) is 12.2 Å². The van der Waals surface area contributed by atoms with Crippen LogP contribution in [0.15, 0.2) is 119 Å². The average Bonchev–Trinajstić information content (AvgIpc) is 3.56. The molecule has 8 rings (SSSR count). The van der Waals surface area contributed by atoms with Crippen molar-refractivity contribution in [1.82, 2.24) is 4.48 Å². The molecule has 3 heteroatoms. The Morgan fingerprint density at radius 1 is 0.795 bits per heavy atom. The molecule has 0 saturated carbocycles. The fourth-order valence-corrected chi connectivity index (χ4v) is 9.67. The van der Waals surface area contributed by atoms with Gasteiger partial charge in [0.05, 0.1) is 12.5 Å². The fraction of sp³-hybridized carbons (Fsp3) is 0.317. The number of allylic oxidation sites excluding steroid dienone is 7. The van der Waals surface area contributed by atoms with Crippen LogP contribution in [-0.4, -0.2) is 26.2 Å². The minimum atomic E-state index is -0.101. The monoisotopic (exact) mass is 597 g/mol. The highest BCUT2D eigenvalue weighted by atomic mass is 35.5. The topological polar surface area (TPSA) is 3.24 Å². The Morgan fingerprint density at radius 2 is 1.45 bits per heavy atom. The van der Waals surface area contributed by atoms with E-state index in [2.05, 4.69) is 144 Å². The number of nitrogens with zero attached hydrogens (tertiary/aromatic N) is 2. The van der Waals surface area contributed by atoms with E-state index in [1.54, 1.807) is 0 Å². The number of quaternary nitrogens is 1. The quantitative estimate of drug-likeness (QED) is 0.168. The smallest absolute Gasteiger partial charge is 0.182 e. The van der Waals surface area contributed by atoms with Crippen molar-refractivity contribution < 1.29 is 0 Å². The summed E-state index contributed by atoms with van der Waals surface area (Å²) < 4.78 is 0.979. The first-order chi connectivity index (χ1) is 21.0. The maximum absolute atomic E-state index is 7.24. The van der Waals surface area contributed by atoms with Gasteiger partial charge in [0.2, 0.25) is 0 Å². The van der Waals surface area contributed by atoms with Crippen molar-refractivity contribution >= 4 is 44.5 Å². The molecule has 1 fully saturated rings. The summed E-state index contributed by atoms with van der Waals surface area (Å²) in [6, 6.07) is 26.9. The van der Waals surface area contributed by atoms with E-state index in [4.69, 9.17) is 11.6 Å². The van der Waals surface area contributed by atoms with Crippen molar-refractivity contribution in [1.29, 1.82) is 0 Å². The summed E-state index contributed by atoms with van der Waals surface area (Å²) in [5, 5.41) is 6.32. The highest BCUT2D eigenvalue weighted by molar-refractivity contribution is 6.32. The molecule has 0 amide bonds. The van der Waals surface area contributed by atoms with Crippen LogP contribution in [0.3, 0.4) is 0 Å². The van der Waals surface area contributed by atoms with Crippen LogP contribution in [0.25, 0.3) is 21.5 Å². The van der Waals surface area contributed by atoms with E-state index in [-0.39, 0.29) is 16.4 Å². The van der Waals surface area contributed by atoms with Crippen LogP contribution in [0.2, 0.25) is 0 Å². The molecule has 4 aromatic carbocycles. The van der Waals surface area contributed by atoms with Crippen LogP contribution in [0.4, 0.5) is 11.4 Å². The van der Waals surface area contributed by atoms with E-state index in [9.17, 15) is 0 Å². The molecule has 222 valence electrons. The zero-order valence-electron chi connectivity index (χ0n) is 26.8. The van der Waals surface area contributed by atoms with Crippen LogP contribution in [0, 0.1) is 0 Å². The lowest BCUT2D eigenvalue weighted by molar-refractivity contribution is 0.401. The molecule has 1 aliphatic carbocycles. The molecule has 0 spiro atoms. The molecule has 4 aromatic rings. The van der Waals surface area contributed by atoms with Gasteiger partial charge in [0, 0.05) is 40.5 Å². The summed E-state index contributed by atoms with van der Waals surface area (Å²) in [6.45, 7) is 10.8. The zero-order valence-corrected chi connectivity index (χ0v) is 27.6. The van der Waals surface area contributed by atoms with Crippen molar-refractivity contribution in [2.75, 3.05) is 25.5 Å². The maximum atomic E-state index is 7.24. The van der Waals surface area contributed by atoms with Gasteiger partial charge in [0.15, 0.2) is 5.54 Å². The van der Waals surface area contributed by atoms with Crippen molar-refractivity contribution in [3.8, 4) is 0 Å². The maximum Gasteiger partial charge on any atom is 0.182 e. The average molecular weight is 598 g/mol. The van der Waals surface area contributed by atoms with E-state index >= 15 is 0 Å². The molecular formula is C41H42ClN2+. The minimum absolute atomic E-state index is 0.0249. The Kier molecular flexibility index (Phi) is 5.85. The van der Waals surface area contributed by atoms with E-state index in [0.29, 0.717) is 0 Å². The van der Waals surface area contributed by atoms with Crippen LogP contribution in [0.1, 0.15) is 58.1 Å². The Hall–Kier alpha value is -3.59. The van der Waals surface area contributed by atoms with Crippen molar-refractivity contribution in [3.05, 3.63) is 130 Å². The van der Waals surface area contributed by atoms with Gasteiger partial charge in [-0.1, -0.05) is 92.2 Å². The number of rotatable bonds is 3. The summed E-state index contributed by atoms with van der Waals surface area (Å²) in [6.07, 6.45) is 12.7. The molecule has 4 aliphatic rings. The molecule has 0 aromatic heterocycles. The van der Waals surface area contributed by atoms with Gasteiger partial charge in [-0.2, -0.15) is 0 Å². The van der Waals surface area contributed by atoms with Crippen LogP contribution >= 0.6 is 11.6 Å². The number of anilines is 1. The highest BCUT2D eigenvalue weighted by Gasteiger charge is 2.80. The second-order valence-electron chi connectivity index (χ2n) is 14.7. The molecule has 0 N–H and O–H groups in total. The number of fused-ring (bicyclic) bond motifs is 8. The second kappa shape index (κ2) is 9.22. The van der Waals surface area contributed by atoms with Gasteiger partial charge in [-0.3, -0.25) is 4.48 Å². The predicted octanol–water partition coefficient (Wildman–Crippen LogP) is 10.4. The molecular weight excluding hydrogens is 556 g/mol. The van der Waals surface area contributed by atoms with Crippen LogP contribution < -0.4 is 9.38 Å². The standard InChI is InChI=1S/C41H42ClN2/c1-39(2)35(43(5)33-21-18-27-12-7-9-16-31(27)36(33)39)23-20-29-14-11-15-30(38(29)42)24-25-41-26-44(41,6)34-22-19-28-13-8-10-17-32(28)37(34)40(41,3)4/h7-10,12-13,16-25H,11,14-15,26H2,1-6H3/q+1/b25-24+,29-20+,35-23+. The SMILES string of the molecule is CN1/C(=C/C=C2\CCCC(/C=C/C34C[N+]3(C)c3ccc5ccccc5c3C4(C)C)=C2Cl)C(C)(C)c2c1ccc1ccccc21. The van der Waals surface area contributed by atoms with Crippen molar-refractivity contribution in [2.24, 2.45) is 0 Å². The van der Waals surface area contributed by atoms with E-state index in [0.717, 1.165) is 35.3 Å². The highest BCUT2D eigenvalue weighted by Crippen LogP contribution is 2.67. The summed E-state index contributed by atoms with van der Waals surface area (Å²) in [7, 11) is 4.62. The molecule has 44 heavy (non-hydrogen) atoms. The Morgan fingerprint density at radius 3 is 2.18 bits per heavy atom. The summed E-state index contributed by atoms with van der Waals surface area (Å²) in [5.74, 6) is 0. The summed E-state index contributed by atoms with van der Waals surface area (Å²) in [4.78, 5) is 2.37. The summed E-state index contributed by atoms with van der Waals surface area (Å²) >= 11 is 7.24. The minimum Gasteiger partial charge on any atom is -0.347 e. The van der Waals surface area contributed by atoms with Gasteiger partial charge in [-0.05, 0) is 95.6 Å². The number of likely N-dealkylation sites (N-methyl/N-ethyl adjacent to an activating group) is 2. The first-order valence-electron chi connectivity index (χ1n) is 16.2. The molecule has 0 bridgehead atoms. The number of hydrogen-bond acceptors (Lipinski definition) is 1. The lowest BCUT2D eigenvalue weighted by Crippen LogP contribution is -2.39.